The van der Waals surface area contributed by atoms with Crippen molar-refractivity contribution in [3.8, 4) is 0 Å². The third-order valence-electron chi connectivity index (χ3n) is 7.05. The number of hydrogen-bond donors (Lipinski definition) is 2. The highest BCUT2D eigenvalue weighted by Gasteiger charge is 2.49. The van der Waals surface area contributed by atoms with Gasteiger partial charge in [0.25, 0.3) is 0 Å². The molecule has 0 amide bonds. The van der Waals surface area contributed by atoms with Gasteiger partial charge < -0.3 is 15.0 Å². The number of aromatic amines is 1. The molecule has 2 N–H and O–H groups in total. The molecule has 5 rings (SSSR count). The Hall–Kier alpha value is -1.92. The number of benzene rings is 1. The SMILES string of the molecule is Cc1cccc2[nH]c(C3CCN(CC4CC5(CCNCC5)C(=O)O4)CC3)nc12. The van der Waals surface area contributed by atoms with Gasteiger partial charge in [0, 0.05) is 18.9 Å². The molecule has 0 saturated carbocycles. The van der Waals surface area contributed by atoms with E-state index >= 15 is 0 Å². The largest absolute Gasteiger partial charge is 0.461 e. The van der Waals surface area contributed by atoms with Crippen LogP contribution in [0.4, 0.5) is 0 Å². The summed E-state index contributed by atoms with van der Waals surface area (Å²) in [5, 5.41) is 3.36. The molecule has 4 heterocycles. The third-order valence-corrected chi connectivity index (χ3v) is 7.05. The van der Waals surface area contributed by atoms with Crippen LogP contribution in [0.3, 0.4) is 0 Å². The van der Waals surface area contributed by atoms with Gasteiger partial charge in [0.2, 0.25) is 0 Å². The maximum atomic E-state index is 12.5. The van der Waals surface area contributed by atoms with Crippen molar-refractivity contribution in [2.24, 2.45) is 5.41 Å². The highest BCUT2D eigenvalue weighted by molar-refractivity contribution is 5.79. The number of para-hydroxylation sites is 1. The number of nitrogens with zero attached hydrogens (tertiary/aromatic N) is 2. The van der Waals surface area contributed by atoms with E-state index < -0.39 is 0 Å². The Kier molecular flexibility index (Phi) is 4.63. The molecule has 0 radical (unpaired) electrons. The first-order chi connectivity index (χ1) is 13.6. The summed E-state index contributed by atoms with van der Waals surface area (Å²) in [6.07, 6.45) is 5.03. The van der Waals surface area contributed by atoms with E-state index in [2.05, 4.69) is 40.3 Å². The van der Waals surface area contributed by atoms with Gasteiger partial charge in [-0.25, -0.2) is 4.98 Å². The van der Waals surface area contributed by atoms with Crippen LogP contribution in [0.15, 0.2) is 18.2 Å². The topological polar surface area (TPSA) is 70.2 Å². The summed E-state index contributed by atoms with van der Waals surface area (Å²) in [5.41, 5.74) is 3.26. The van der Waals surface area contributed by atoms with Gasteiger partial charge in [0.05, 0.1) is 16.4 Å². The van der Waals surface area contributed by atoms with Crippen LogP contribution in [0, 0.1) is 12.3 Å². The molecule has 1 unspecified atom stereocenters. The molecule has 1 aromatic carbocycles. The quantitative estimate of drug-likeness (QED) is 0.799. The minimum Gasteiger partial charge on any atom is -0.461 e. The Bertz CT molecular complexity index is 863. The van der Waals surface area contributed by atoms with E-state index in [1.54, 1.807) is 0 Å². The molecule has 1 atom stereocenters. The number of rotatable bonds is 3. The van der Waals surface area contributed by atoms with Gasteiger partial charge in [-0.15, -0.1) is 0 Å². The highest BCUT2D eigenvalue weighted by Crippen LogP contribution is 2.42. The van der Waals surface area contributed by atoms with Crippen molar-refractivity contribution in [1.82, 2.24) is 20.2 Å². The van der Waals surface area contributed by atoms with E-state index in [1.807, 2.05) is 0 Å². The number of likely N-dealkylation sites (tertiary alicyclic amines) is 1. The zero-order chi connectivity index (χ0) is 19.1. The minimum atomic E-state index is -0.208. The number of esters is 1. The molecule has 1 aromatic heterocycles. The fraction of sp³-hybridized carbons (Fsp3) is 0.636. The molecular weight excluding hydrogens is 352 g/mol. The molecule has 3 saturated heterocycles. The normalized spacial score (nSPS) is 26.2. The number of cyclic esters (lactones) is 1. The molecule has 6 heteroatoms. The Morgan fingerprint density at radius 3 is 2.79 bits per heavy atom. The molecular formula is C22H30N4O2. The van der Waals surface area contributed by atoms with Gasteiger partial charge in [-0.1, -0.05) is 12.1 Å². The molecule has 2 aromatic rings. The van der Waals surface area contributed by atoms with Crippen molar-refractivity contribution in [1.29, 1.82) is 0 Å². The van der Waals surface area contributed by atoms with Gasteiger partial charge >= 0.3 is 5.97 Å². The number of hydrogen-bond acceptors (Lipinski definition) is 5. The van der Waals surface area contributed by atoms with E-state index in [0.717, 1.165) is 81.7 Å². The Morgan fingerprint density at radius 1 is 1.25 bits per heavy atom. The van der Waals surface area contributed by atoms with Crippen LogP contribution in [0.1, 0.15) is 49.4 Å². The number of H-pyrrole nitrogens is 1. The average molecular weight is 383 g/mol. The molecule has 150 valence electrons. The maximum Gasteiger partial charge on any atom is 0.312 e. The zero-order valence-electron chi connectivity index (χ0n) is 16.7. The lowest BCUT2D eigenvalue weighted by atomic mass is 9.76. The van der Waals surface area contributed by atoms with Crippen LogP contribution in [0.2, 0.25) is 0 Å². The summed E-state index contributed by atoms with van der Waals surface area (Å²) < 4.78 is 5.80. The second kappa shape index (κ2) is 7.16. The van der Waals surface area contributed by atoms with E-state index in [9.17, 15) is 4.79 Å². The first-order valence-electron chi connectivity index (χ1n) is 10.7. The van der Waals surface area contributed by atoms with Crippen LogP contribution in [0.5, 0.6) is 0 Å². The molecule has 3 aliphatic rings. The highest BCUT2D eigenvalue weighted by atomic mass is 16.6. The Morgan fingerprint density at radius 2 is 2.04 bits per heavy atom. The predicted molar refractivity (Wildman–Crippen MR) is 108 cm³/mol. The number of ether oxygens (including phenoxy) is 1. The van der Waals surface area contributed by atoms with E-state index in [1.165, 1.54) is 5.56 Å². The summed E-state index contributed by atoms with van der Waals surface area (Å²) in [5.74, 6) is 1.67. The number of aromatic nitrogens is 2. The van der Waals surface area contributed by atoms with Crippen molar-refractivity contribution in [2.75, 3.05) is 32.7 Å². The van der Waals surface area contributed by atoms with Crippen molar-refractivity contribution in [2.45, 2.75) is 51.0 Å². The lowest BCUT2D eigenvalue weighted by molar-refractivity contribution is -0.150. The number of nitrogens with one attached hydrogen (secondary N) is 2. The lowest BCUT2D eigenvalue weighted by Crippen LogP contribution is -2.40. The first-order valence-corrected chi connectivity index (χ1v) is 10.7. The number of aryl methyl sites for hydroxylation is 1. The van der Waals surface area contributed by atoms with Crippen LogP contribution in [-0.2, 0) is 9.53 Å². The van der Waals surface area contributed by atoms with Gasteiger partial charge in [0.15, 0.2) is 0 Å². The van der Waals surface area contributed by atoms with E-state index in [4.69, 9.17) is 9.72 Å². The summed E-state index contributed by atoms with van der Waals surface area (Å²) in [7, 11) is 0. The van der Waals surface area contributed by atoms with Crippen LogP contribution >= 0.6 is 0 Å². The van der Waals surface area contributed by atoms with Crippen LogP contribution in [0.25, 0.3) is 11.0 Å². The van der Waals surface area contributed by atoms with Gasteiger partial charge in [-0.3, -0.25) is 9.69 Å². The number of carbonyl (C=O) groups is 1. The average Bonchev–Trinajstić information content (AvgIpc) is 3.26. The Balaban J connectivity index is 1.18. The molecule has 28 heavy (non-hydrogen) atoms. The fourth-order valence-corrected chi connectivity index (χ4v) is 5.32. The molecule has 1 spiro atoms. The monoisotopic (exact) mass is 382 g/mol. The van der Waals surface area contributed by atoms with Crippen LogP contribution in [-0.4, -0.2) is 59.7 Å². The zero-order valence-corrected chi connectivity index (χ0v) is 16.7. The molecule has 0 aliphatic carbocycles. The third kappa shape index (κ3) is 3.22. The minimum absolute atomic E-state index is 0.0477. The van der Waals surface area contributed by atoms with Crippen molar-refractivity contribution in [3.63, 3.8) is 0 Å². The second-order valence-corrected chi connectivity index (χ2v) is 8.93. The summed E-state index contributed by atoms with van der Waals surface area (Å²) >= 11 is 0. The standard InChI is InChI=1S/C22H30N4O2/c1-15-3-2-4-18-19(15)25-20(24-18)16-5-11-26(12-6-16)14-17-13-22(21(27)28-17)7-9-23-10-8-22/h2-4,16-17,23H,5-14H2,1H3,(H,24,25). The summed E-state index contributed by atoms with van der Waals surface area (Å²) in [6, 6.07) is 6.31. The van der Waals surface area contributed by atoms with Crippen molar-refractivity contribution in [3.05, 3.63) is 29.6 Å². The van der Waals surface area contributed by atoms with Crippen molar-refractivity contribution >= 4 is 17.0 Å². The van der Waals surface area contributed by atoms with Gasteiger partial charge in [0.1, 0.15) is 11.9 Å². The molecule has 3 fully saturated rings. The van der Waals surface area contributed by atoms with E-state index in [0.29, 0.717) is 5.92 Å². The molecule has 0 bridgehead atoms. The van der Waals surface area contributed by atoms with Gasteiger partial charge in [-0.2, -0.15) is 0 Å². The Labute approximate surface area is 166 Å². The van der Waals surface area contributed by atoms with E-state index in [-0.39, 0.29) is 17.5 Å². The number of piperidine rings is 2. The maximum absolute atomic E-state index is 12.5. The second-order valence-electron chi connectivity index (χ2n) is 8.93. The number of imidazole rings is 1. The smallest absolute Gasteiger partial charge is 0.312 e. The number of fused-ring (bicyclic) bond motifs is 1. The van der Waals surface area contributed by atoms with Gasteiger partial charge in [-0.05, 0) is 70.4 Å². The summed E-state index contributed by atoms with van der Waals surface area (Å²) in [6.45, 7) is 6.96. The van der Waals surface area contributed by atoms with Crippen LogP contribution < -0.4 is 5.32 Å². The first kappa shape index (κ1) is 18.1. The van der Waals surface area contributed by atoms with Crippen molar-refractivity contribution < 1.29 is 9.53 Å². The predicted octanol–water partition coefficient (Wildman–Crippen LogP) is 2.74. The molecule has 3 aliphatic heterocycles. The fourth-order valence-electron chi connectivity index (χ4n) is 5.32. The lowest BCUT2D eigenvalue weighted by Gasteiger charge is -2.33. The molecule has 6 nitrogen and oxygen atoms in total. The summed E-state index contributed by atoms with van der Waals surface area (Å²) in [4.78, 5) is 23.4. The number of carbonyl (C=O) groups excluding carboxylic acids is 1.